The summed E-state index contributed by atoms with van der Waals surface area (Å²) >= 11 is 0. The van der Waals surface area contributed by atoms with Gasteiger partial charge in [-0.3, -0.25) is 4.90 Å². The molecule has 0 saturated carbocycles. The Hall–Kier alpha value is -3.00. The van der Waals surface area contributed by atoms with Gasteiger partial charge in [0.25, 0.3) is 0 Å². The summed E-state index contributed by atoms with van der Waals surface area (Å²) in [6.07, 6.45) is 6.11. The minimum absolute atomic E-state index is 0.143. The molecule has 8 heteroatoms. The van der Waals surface area contributed by atoms with Gasteiger partial charge in [0.15, 0.2) is 17.6 Å². The molecule has 28 heavy (non-hydrogen) atoms. The van der Waals surface area contributed by atoms with E-state index >= 15 is 0 Å². The highest BCUT2D eigenvalue weighted by Gasteiger charge is 2.61. The largest absolute Gasteiger partial charge is 0.504 e. The fourth-order valence-corrected chi connectivity index (χ4v) is 4.95. The van der Waals surface area contributed by atoms with Crippen LogP contribution in [0.25, 0.3) is 0 Å². The Morgan fingerprint density at radius 1 is 1.25 bits per heavy atom. The predicted octanol–water partition coefficient (Wildman–Crippen LogP) is 1.28. The number of carboxylic acid groups (broad SMARTS) is 2. The number of carbonyl (C=O) groups is 2. The van der Waals surface area contributed by atoms with Gasteiger partial charge in [0.1, 0.15) is 5.76 Å². The third kappa shape index (κ3) is 2.34. The molecule has 1 aromatic rings. The molecule has 3 atom stereocenters. The molecular formula is C20H21NO7. The van der Waals surface area contributed by atoms with Crippen LogP contribution in [0.4, 0.5) is 0 Å². The fourth-order valence-electron chi connectivity index (χ4n) is 4.95. The fraction of sp³-hybridized carbons (Fsp3) is 0.400. The third-order valence-corrected chi connectivity index (χ3v) is 6.14. The first kappa shape index (κ1) is 18.4. The zero-order valence-corrected chi connectivity index (χ0v) is 15.5. The molecule has 0 radical (unpaired) electrons. The van der Waals surface area contributed by atoms with E-state index in [-0.39, 0.29) is 17.3 Å². The van der Waals surface area contributed by atoms with Crippen LogP contribution in [-0.2, 0) is 26.2 Å². The van der Waals surface area contributed by atoms with E-state index < -0.39 is 11.9 Å². The average molecular weight is 387 g/mol. The molecule has 4 aliphatic rings. The smallest absolute Gasteiger partial charge is 0.414 e. The van der Waals surface area contributed by atoms with Crippen molar-refractivity contribution >= 4 is 11.9 Å². The van der Waals surface area contributed by atoms with E-state index in [1.165, 1.54) is 16.7 Å². The van der Waals surface area contributed by atoms with E-state index in [0.29, 0.717) is 11.8 Å². The van der Waals surface area contributed by atoms with Gasteiger partial charge in [0.2, 0.25) is 0 Å². The van der Waals surface area contributed by atoms with Gasteiger partial charge in [-0.05, 0) is 49.7 Å². The number of benzene rings is 1. The summed E-state index contributed by atoms with van der Waals surface area (Å²) < 4.78 is 11.8. The Balaban J connectivity index is 0.000000283. The van der Waals surface area contributed by atoms with E-state index in [1.54, 1.807) is 13.2 Å². The first-order chi connectivity index (χ1) is 13.3. The predicted molar refractivity (Wildman–Crippen MR) is 97.4 cm³/mol. The number of phenolic OH excluding ortho intramolecular Hbond substituents is 1. The van der Waals surface area contributed by atoms with Gasteiger partial charge < -0.3 is 24.8 Å². The van der Waals surface area contributed by atoms with Crippen LogP contribution >= 0.6 is 0 Å². The minimum Gasteiger partial charge on any atom is -0.504 e. The SMILES string of the molecule is COC1=CC=C2[C@H]3Cc4ccc(O)c5c4[C@@]2(CCN3C)[C@H]1O5.O=C(O)C(=O)O. The van der Waals surface area contributed by atoms with Gasteiger partial charge in [-0.25, -0.2) is 9.59 Å². The van der Waals surface area contributed by atoms with Crippen molar-refractivity contribution in [2.45, 2.75) is 30.4 Å². The quantitative estimate of drug-likeness (QED) is 0.617. The van der Waals surface area contributed by atoms with Crippen molar-refractivity contribution in [2.75, 3.05) is 20.7 Å². The Labute approximate surface area is 161 Å². The van der Waals surface area contributed by atoms with E-state index in [2.05, 4.69) is 24.1 Å². The minimum atomic E-state index is -1.82. The molecule has 0 unspecified atom stereocenters. The zero-order chi connectivity index (χ0) is 20.2. The van der Waals surface area contributed by atoms with Crippen molar-refractivity contribution < 1.29 is 34.4 Å². The second-order valence-corrected chi connectivity index (χ2v) is 7.37. The lowest BCUT2D eigenvalue weighted by atomic mass is 9.57. The standard InChI is InChI=1S/C18H19NO3.C2H2O4/c1-19-8-7-18-11-4-6-14(21-2)17(18)22-16-13(20)5-3-10(15(16)18)9-12(11)19;3-1(4)2(5)6/h3-6,12,17,20H,7-9H2,1-2H3;(H,3,4)(H,5,6)/t12-,17+,18+;/m1./s1. The molecule has 0 amide bonds. The molecule has 1 saturated heterocycles. The van der Waals surface area contributed by atoms with Gasteiger partial charge >= 0.3 is 11.9 Å². The highest BCUT2D eigenvalue weighted by atomic mass is 16.5. The highest BCUT2D eigenvalue weighted by molar-refractivity contribution is 6.27. The van der Waals surface area contributed by atoms with E-state index in [0.717, 1.165) is 25.1 Å². The molecule has 8 nitrogen and oxygen atoms in total. The number of likely N-dealkylation sites (N-methyl/N-ethyl adjacent to an activating group) is 1. The zero-order valence-electron chi connectivity index (χ0n) is 15.5. The Morgan fingerprint density at radius 3 is 2.61 bits per heavy atom. The number of methoxy groups -OCH3 is 1. The number of allylic oxidation sites excluding steroid dienone is 2. The number of ether oxygens (including phenoxy) is 2. The van der Waals surface area contributed by atoms with Crippen LogP contribution in [0, 0.1) is 0 Å². The number of rotatable bonds is 1. The normalized spacial score (nSPS) is 28.6. The van der Waals surface area contributed by atoms with Crippen molar-refractivity contribution in [3.63, 3.8) is 0 Å². The van der Waals surface area contributed by atoms with E-state index in [4.69, 9.17) is 29.3 Å². The van der Waals surface area contributed by atoms with Crippen LogP contribution in [0.3, 0.4) is 0 Å². The molecule has 1 fully saturated rings. The second-order valence-electron chi connectivity index (χ2n) is 7.37. The molecule has 3 N–H and O–H groups in total. The molecular weight excluding hydrogens is 366 g/mol. The lowest BCUT2D eigenvalue weighted by Gasteiger charge is -2.52. The number of hydrogen-bond donors (Lipinski definition) is 3. The number of hydrogen-bond acceptors (Lipinski definition) is 6. The first-order valence-corrected chi connectivity index (χ1v) is 8.96. The van der Waals surface area contributed by atoms with Crippen molar-refractivity contribution in [1.82, 2.24) is 4.90 Å². The maximum Gasteiger partial charge on any atom is 0.414 e. The maximum atomic E-state index is 10.3. The molecule has 1 aromatic carbocycles. The summed E-state index contributed by atoms with van der Waals surface area (Å²) in [6, 6.07) is 4.25. The number of nitrogens with zero attached hydrogens (tertiary/aromatic N) is 1. The van der Waals surface area contributed by atoms with Crippen molar-refractivity contribution in [1.29, 1.82) is 0 Å². The number of aliphatic carboxylic acids is 2. The summed E-state index contributed by atoms with van der Waals surface area (Å²) in [4.78, 5) is 20.6. The lowest BCUT2D eigenvalue weighted by molar-refractivity contribution is -0.159. The van der Waals surface area contributed by atoms with Crippen molar-refractivity contribution in [3.8, 4) is 11.5 Å². The summed E-state index contributed by atoms with van der Waals surface area (Å²) in [5.41, 5.74) is 3.78. The molecule has 2 bridgehead atoms. The van der Waals surface area contributed by atoms with Gasteiger partial charge in [-0.2, -0.15) is 0 Å². The topological polar surface area (TPSA) is 117 Å². The first-order valence-electron chi connectivity index (χ1n) is 8.96. The van der Waals surface area contributed by atoms with Crippen LogP contribution in [0.5, 0.6) is 11.5 Å². The number of carboxylic acids is 2. The maximum absolute atomic E-state index is 10.3. The summed E-state index contributed by atoms with van der Waals surface area (Å²) in [5, 5.41) is 25.1. The molecule has 2 aliphatic heterocycles. The molecule has 148 valence electrons. The highest BCUT2D eigenvalue weighted by Crippen LogP contribution is 2.62. The Bertz CT molecular complexity index is 923. The van der Waals surface area contributed by atoms with Gasteiger partial charge in [0.05, 0.1) is 12.5 Å². The number of aromatic hydroxyl groups is 1. The van der Waals surface area contributed by atoms with Crippen LogP contribution < -0.4 is 4.74 Å². The summed E-state index contributed by atoms with van der Waals surface area (Å²) in [5.74, 6) is -1.88. The number of piperidine rings is 1. The summed E-state index contributed by atoms with van der Waals surface area (Å²) in [6.45, 7) is 1.04. The van der Waals surface area contributed by atoms with Crippen LogP contribution in [0.2, 0.25) is 0 Å². The second kappa shape index (κ2) is 6.27. The molecule has 1 spiro atoms. The average Bonchev–Trinajstić information content (AvgIpc) is 3.02. The van der Waals surface area contributed by atoms with Crippen molar-refractivity contribution in [2.24, 2.45) is 0 Å². The van der Waals surface area contributed by atoms with E-state index in [9.17, 15) is 5.11 Å². The Morgan fingerprint density at radius 2 is 1.96 bits per heavy atom. The molecule has 0 aromatic heterocycles. The van der Waals surface area contributed by atoms with Crippen LogP contribution in [0.1, 0.15) is 17.5 Å². The monoisotopic (exact) mass is 387 g/mol. The lowest BCUT2D eigenvalue weighted by Crippen LogP contribution is -2.58. The van der Waals surface area contributed by atoms with Crippen LogP contribution in [0.15, 0.2) is 35.6 Å². The van der Waals surface area contributed by atoms with E-state index in [1.807, 2.05) is 6.08 Å². The molecule has 2 heterocycles. The number of likely N-dealkylation sites (tertiary alicyclic amines) is 1. The van der Waals surface area contributed by atoms with Gasteiger partial charge in [0, 0.05) is 11.6 Å². The van der Waals surface area contributed by atoms with Gasteiger partial charge in [-0.1, -0.05) is 12.1 Å². The summed E-state index contributed by atoms with van der Waals surface area (Å²) in [7, 11) is 3.90. The Kier molecular flexibility index (Phi) is 4.11. The molecule has 5 rings (SSSR count). The van der Waals surface area contributed by atoms with Gasteiger partial charge in [-0.15, -0.1) is 0 Å². The van der Waals surface area contributed by atoms with Crippen molar-refractivity contribution in [3.05, 3.63) is 46.7 Å². The molecule has 2 aliphatic carbocycles. The van der Waals surface area contributed by atoms with Crippen LogP contribution in [-0.4, -0.2) is 65.0 Å². The third-order valence-electron chi connectivity index (χ3n) is 6.14. The number of phenols is 1.